The molecule has 5 nitrogen and oxygen atoms in total. The number of anilines is 1. The van der Waals surface area contributed by atoms with E-state index in [1.807, 2.05) is 18.2 Å². The molecule has 0 amide bonds. The summed E-state index contributed by atoms with van der Waals surface area (Å²) >= 11 is 1.80. The van der Waals surface area contributed by atoms with Gasteiger partial charge in [-0.1, -0.05) is 18.2 Å². The molecule has 1 aromatic carbocycles. The molecule has 4 rings (SSSR count). The van der Waals surface area contributed by atoms with Crippen LogP contribution in [-0.2, 0) is 25.9 Å². The molecular weight excluding hydrogens is 344 g/mol. The van der Waals surface area contributed by atoms with Crippen LogP contribution in [0.1, 0.15) is 34.7 Å². The molecule has 2 N–H and O–H groups in total. The van der Waals surface area contributed by atoms with Crippen LogP contribution >= 0.6 is 11.3 Å². The largest absolute Gasteiger partial charge is 0.496 e. The number of thiophene rings is 1. The van der Waals surface area contributed by atoms with Gasteiger partial charge < -0.3 is 10.5 Å². The van der Waals surface area contributed by atoms with Gasteiger partial charge in [0.1, 0.15) is 22.2 Å². The SMILES string of the molecule is COc1ccccc1CN(C)Cc1nc(N)c2c3c(sc2n1)CCCC3. The van der Waals surface area contributed by atoms with Gasteiger partial charge in [-0.3, -0.25) is 4.90 Å². The summed E-state index contributed by atoms with van der Waals surface area (Å²) < 4.78 is 5.44. The van der Waals surface area contributed by atoms with Crippen molar-refractivity contribution in [3.63, 3.8) is 0 Å². The summed E-state index contributed by atoms with van der Waals surface area (Å²) in [5, 5.41) is 1.10. The number of nitrogens with zero attached hydrogens (tertiary/aromatic N) is 3. The van der Waals surface area contributed by atoms with E-state index < -0.39 is 0 Å². The summed E-state index contributed by atoms with van der Waals surface area (Å²) in [4.78, 5) is 14.1. The Morgan fingerprint density at radius 2 is 1.96 bits per heavy atom. The van der Waals surface area contributed by atoms with Gasteiger partial charge in [-0.05, 0) is 44.4 Å². The number of nitrogen functional groups attached to an aromatic ring is 1. The highest BCUT2D eigenvalue weighted by molar-refractivity contribution is 7.19. The van der Waals surface area contributed by atoms with Gasteiger partial charge in [0.15, 0.2) is 0 Å². The predicted octanol–water partition coefficient (Wildman–Crippen LogP) is 3.79. The number of para-hydroxylation sites is 1. The lowest BCUT2D eigenvalue weighted by Crippen LogP contribution is -2.19. The molecule has 0 aliphatic heterocycles. The van der Waals surface area contributed by atoms with Gasteiger partial charge in [-0.15, -0.1) is 11.3 Å². The predicted molar refractivity (Wildman–Crippen MR) is 107 cm³/mol. The summed E-state index contributed by atoms with van der Waals surface area (Å²) in [5.41, 5.74) is 8.86. The first-order valence-electron chi connectivity index (χ1n) is 9.02. The first kappa shape index (κ1) is 17.2. The second-order valence-electron chi connectivity index (χ2n) is 6.90. The molecule has 1 aliphatic carbocycles. The van der Waals surface area contributed by atoms with Gasteiger partial charge in [-0.25, -0.2) is 9.97 Å². The molecule has 0 atom stereocenters. The summed E-state index contributed by atoms with van der Waals surface area (Å²) in [6.07, 6.45) is 4.76. The van der Waals surface area contributed by atoms with Crippen LogP contribution in [0.25, 0.3) is 10.2 Å². The van der Waals surface area contributed by atoms with E-state index in [4.69, 9.17) is 15.5 Å². The average Bonchev–Trinajstić information content (AvgIpc) is 3.00. The quantitative estimate of drug-likeness (QED) is 0.742. The summed E-state index contributed by atoms with van der Waals surface area (Å²) in [6.45, 7) is 1.42. The number of aryl methyl sites for hydroxylation is 2. The van der Waals surface area contributed by atoms with Crippen LogP contribution in [0.5, 0.6) is 5.75 Å². The smallest absolute Gasteiger partial charge is 0.146 e. The zero-order chi connectivity index (χ0) is 18.1. The normalized spacial score (nSPS) is 14.0. The highest BCUT2D eigenvalue weighted by atomic mass is 32.1. The number of methoxy groups -OCH3 is 1. The van der Waals surface area contributed by atoms with Crippen LogP contribution in [0.3, 0.4) is 0 Å². The molecule has 26 heavy (non-hydrogen) atoms. The maximum atomic E-state index is 6.32. The Hall–Kier alpha value is -2.18. The third kappa shape index (κ3) is 3.27. The van der Waals surface area contributed by atoms with Gasteiger partial charge in [0.2, 0.25) is 0 Å². The topological polar surface area (TPSA) is 64.3 Å². The van der Waals surface area contributed by atoms with Crippen molar-refractivity contribution in [2.75, 3.05) is 19.9 Å². The third-order valence-electron chi connectivity index (χ3n) is 4.93. The van der Waals surface area contributed by atoms with Crippen LogP contribution in [-0.4, -0.2) is 29.0 Å². The minimum Gasteiger partial charge on any atom is -0.496 e. The average molecular weight is 369 g/mol. The Morgan fingerprint density at radius 1 is 1.15 bits per heavy atom. The highest BCUT2D eigenvalue weighted by Gasteiger charge is 2.20. The molecule has 6 heteroatoms. The van der Waals surface area contributed by atoms with Crippen molar-refractivity contribution in [3.8, 4) is 5.75 Å². The monoisotopic (exact) mass is 368 g/mol. The Bertz CT molecular complexity index is 937. The van der Waals surface area contributed by atoms with Gasteiger partial charge in [0, 0.05) is 17.0 Å². The van der Waals surface area contributed by atoms with Crippen molar-refractivity contribution >= 4 is 27.4 Å². The van der Waals surface area contributed by atoms with E-state index >= 15 is 0 Å². The van der Waals surface area contributed by atoms with Gasteiger partial charge in [0.25, 0.3) is 0 Å². The number of hydrogen-bond acceptors (Lipinski definition) is 6. The molecule has 0 saturated carbocycles. The van der Waals surface area contributed by atoms with Crippen LogP contribution < -0.4 is 10.5 Å². The van der Waals surface area contributed by atoms with E-state index in [2.05, 4.69) is 23.0 Å². The molecule has 0 unspecified atom stereocenters. The minimum atomic E-state index is 0.634. The molecule has 2 aromatic heterocycles. The van der Waals surface area contributed by atoms with Crippen LogP contribution in [0.4, 0.5) is 5.82 Å². The lowest BCUT2D eigenvalue weighted by molar-refractivity contribution is 0.303. The van der Waals surface area contributed by atoms with Crippen LogP contribution in [0, 0.1) is 0 Å². The van der Waals surface area contributed by atoms with E-state index in [1.165, 1.54) is 23.3 Å². The fourth-order valence-electron chi connectivity index (χ4n) is 3.72. The molecule has 0 spiro atoms. The molecule has 0 bridgehead atoms. The Balaban J connectivity index is 1.57. The number of hydrogen-bond donors (Lipinski definition) is 1. The molecule has 0 saturated heterocycles. The summed E-state index contributed by atoms with van der Waals surface area (Å²) in [7, 11) is 3.77. The number of benzene rings is 1. The Morgan fingerprint density at radius 3 is 2.81 bits per heavy atom. The van der Waals surface area contributed by atoms with E-state index in [9.17, 15) is 0 Å². The van der Waals surface area contributed by atoms with Gasteiger partial charge >= 0.3 is 0 Å². The number of aromatic nitrogens is 2. The van der Waals surface area contributed by atoms with Crippen molar-refractivity contribution < 1.29 is 4.74 Å². The molecule has 3 aromatic rings. The van der Waals surface area contributed by atoms with Crippen molar-refractivity contribution in [2.45, 2.75) is 38.8 Å². The summed E-state index contributed by atoms with van der Waals surface area (Å²) in [5.74, 6) is 2.32. The number of fused-ring (bicyclic) bond motifs is 3. The van der Waals surface area contributed by atoms with E-state index in [1.54, 1.807) is 18.4 Å². The fourth-order valence-corrected chi connectivity index (χ4v) is 5.01. The second-order valence-corrected chi connectivity index (χ2v) is 7.98. The van der Waals surface area contributed by atoms with Crippen molar-refractivity contribution in [1.82, 2.24) is 14.9 Å². The number of ether oxygens (including phenoxy) is 1. The van der Waals surface area contributed by atoms with Crippen molar-refractivity contribution in [1.29, 1.82) is 0 Å². The van der Waals surface area contributed by atoms with E-state index in [-0.39, 0.29) is 0 Å². The first-order chi connectivity index (χ1) is 12.7. The fraction of sp³-hybridized carbons (Fsp3) is 0.400. The molecule has 136 valence electrons. The number of nitrogens with two attached hydrogens (primary N) is 1. The van der Waals surface area contributed by atoms with Gasteiger partial charge in [-0.2, -0.15) is 0 Å². The highest BCUT2D eigenvalue weighted by Crippen LogP contribution is 2.37. The molecule has 0 fully saturated rings. The second kappa shape index (κ2) is 7.21. The number of rotatable bonds is 5. The zero-order valence-corrected chi connectivity index (χ0v) is 16.1. The molecule has 1 aliphatic rings. The van der Waals surface area contributed by atoms with Crippen LogP contribution in [0.2, 0.25) is 0 Å². The van der Waals surface area contributed by atoms with Crippen molar-refractivity contribution in [2.24, 2.45) is 0 Å². The van der Waals surface area contributed by atoms with E-state index in [0.29, 0.717) is 12.4 Å². The lowest BCUT2D eigenvalue weighted by Gasteiger charge is -2.18. The Labute approximate surface area is 157 Å². The standard InChI is InChI=1S/C20H24N4OS/c1-24(11-13-7-3-5-9-15(13)25-2)12-17-22-19(21)18-14-8-4-6-10-16(14)26-20(18)23-17/h3,5,7,9H,4,6,8,10-12H2,1-2H3,(H2,21,22,23). The van der Waals surface area contributed by atoms with E-state index in [0.717, 1.165) is 46.7 Å². The maximum Gasteiger partial charge on any atom is 0.146 e. The first-order valence-corrected chi connectivity index (χ1v) is 9.84. The Kier molecular flexibility index (Phi) is 4.78. The summed E-state index contributed by atoms with van der Waals surface area (Å²) in [6, 6.07) is 8.09. The zero-order valence-electron chi connectivity index (χ0n) is 15.3. The molecule has 0 radical (unpaired) electrons. The third-order valence-corrected chi connectivity index (χ3v) is 6.12. The van der Waals surface area contributed by atoms with Crippen LogP contribution in [0.15, 0.2) is 24.3 Å². The maximum absolute atomic E-state index is 6.32. The van der Waals surface area contributed by atoms with Crippen molar-refractivity contribution in [3.05, 3.63) is 46.1 Å². The lowest BCUT2D eigenvalue weighted by atomic mass is 9.97. The minimum absolute atomic E-state index is 0.634. The van der Waals surface area contributed by atoms with Gasteiger partial charge in [0.05, 0.1) is 19.0 Å². The molecule has 2 heterocycles. The molecular formula is C20H24N4OS.